The van der Waals surface area contributed by atoms with Gasteiger partial charge in [0.05, 0.1) is 20.4 Å². The molecule has 2 N–H and O–H groups in total. The molecule has 0 heterocycles. The van der Waals surface area contributed by atoms with Gasteiger partial charge in [0.1, 0.15) is 5.70 Å². The summed E-state index contributed by atoms with van der Waals surface area (Å²) in [6, 6.07) is 21.5. The van der Waals surface area contributed by atoms with Crippen LogP contribution in [0.2, 0.25) is 0 Å². The first-order chi connectivity index (χ1) is 16.9. The minimum absolute atomic E-state index is 0.0564. The molecule has 0 atom stereocenters. The Morgan fingerprint density at radius 3 is 2.14 bits per heavy atom. The molecule has 0 radical (unpaired) electrons. The number of nitrogens with zero attached hydrogens (tertiary/aromatic N) is 2. The first kappa shape index (κ1) is 25.0. The van der Waals surface area contributed by atoms with Crippen molar-refractivity contribution in [2.75, 3.05) is 33.2 Å². The summed E-state index contributed by atoms with van der Waals surface area (Å²) in [5.41, 5.74) is 5.42. The van der Waals surface area contributed by atoms with E-state index in [1.165, 1.54) is 13.3 Å². The molecule has 0 fully saturated rings. The van der Waals surface area contributed by atoms with Crippen LogP contribution in [-0.2, 0) is 4.79 Å². The first-order valence-corrected chi connectivity index (χ1v) is 10.8. The Kier molecular flexibility index (Phi) is 8.61. The molecule has 3 aromatic rings. The van der Waals surface area contributed by atoms with Crippen molar-refractivity contribution in [3.8, 4) is 11.5 Å². The number of hydrogen-bond donors (Lipinski definition) is 2. The van der Waals surface area contributed by atoms with Crippen LogP contribution in [0.3, 0.4) is 0 Å². The number of nitrogens with one attached hydrogen (secondary N) is 2. The normalized spacial score (nSPS) is 11.1. The molecule has 3 aromatic carbocycles. The number of methoxy groups -OCH3 is 2. The molecule has 0 unspecified atom stereocenters. The fourth-order valence-electron chi connectivity index (χ4n) is 3.14. The van der Waals surface area contributed by atoms with Gasteiger partial charge in [0, 0.05) is 25.3 Å². The number of amides is 2. The highest BCUT2D eigenvalue weighted by atomic mass is 16.5. The van der Waals surface area contributed by atoms with Gasteiger partial charge in [-0.25, -0.2) is 5.43 Å². The Morgan fingerprint density at radius 2 is 1.51 bits per heavy atom. The summed E-state index contributed by atoms with van der Waals surface area (Å²) < 4.78 is 10.5. The van der Waals surface area contributed by atoms with Crippen molar-refractivity contribution in [2.24, 2.45) is 5.10 Å². The summed E-state index contributed by atoms with van der Waals surface area (Å²) in [6.07, 6.45) is 3.07. The van der Waals surface area contributed by atoms with Crippen LogP contribution in [0.15, 0.2) is 83.6 Å². The van der Waals surface area contributed by atoms with Crippen molar-refractivity contribution < 1.29 is 19.1 Å². The van der Waals surface area contributed by atoms with Crippen LogP contribution >= 0.6 is 0 Å². The highest BCUT2D eigenvalue weighted by molar-refractivity contribution is 6.05. The molecule has 0 spiro atoms. The Bertz CT molecular complexity index is 1220. The maximum Gasteiger partial charge on any atom is 0.287 e. The Morgan fingerprint density at radius 1 is 0.857 bits per heavy atom. The molecular weight excluding hydrogens is 444 g/mol. The number of hydrogen-bond acceptors (Lipinski definition) is 6. The van der Waals surface area contributed by atoms with Crippen LogP contribution < -0.4 is 25.1 Å². The third kappa shape index (κ3) is 6.94. The molecule has 0 aliphatic carbocycles. The van der Waals surface area contributed by atoms with Crippen molar-refractivity contribution in [2.45, 2.75) is 0 Å². The van der Waals surface area contributed by atoms with Gasteiger partial charge in [-0.15, -0.1) is 0 Å². The van der Waals surface area contributed by atoms with Gasteiger partial charge in [0.25, 0.3) is 11.8 Å². The van der Waals surface area contributed by atoms with E-state index >= 15 is 0 Å². The average Bonchev–Trinajstić information content (AvgIpc) is 2.88. The minimum atomic E-state index is -0.567. The molecule has 0 saturated heterocycles. The Balaban J connectivity index is 1.81. The summed E-state index contributed by atoms with van der Waals surface area (Å²) >= 11 is 0. The number of carbonyl (C=O) groups excluding carboxylic acids is 2. The summed E-state index contributed by atoms with van der Waals surface area (Å²) in [7, 11) is 6.98. The number of ether oxygens (including phenoxy) is 2. The lowest BCUT2D eigenvalue weighted by molar-refractivity contribution is -0.117. The number of carbonyl (C=O) groups is 2. The molecule has 8 nitrogen and oxygen atoms in total. The van der Waals surface area contributed by atoms with E-state index in [1.807, 2.05) is 49.3 Å². The molecule has 0 aromatic heterocycles. The van der Waals surface area contributed by atoms with E-state index in [2.05, 4.69) is 15.8 Å². The lowest BCUT2D eigenvalue weighted by atomic mass is 10.1. The van der Waals surface area contributed by atoms with Gasteiger partial charge >= 0.3 is 0 Å². The maximum absolute atomic E-state index is 12.9. The monoisotopic (exact) mass is 472 g/mol. The van der Waals surface area contributed by atoms with Gasteiger partial charge in [-0.1, -0.05) is 30.3 Å². The SMILES string of the molecule is COc1ccc(C=NNC(=O)C(=Cc2ccc(N(C)C)cc2)NC(=O)c2ccccc2)cc1OC. The van der Waals surface area contributed by atoms with Crippen LogP contribution in [0.25, 0.3) is 6.08 Å². The molecular formula is C27H28N4O4. The molecule has 35 heavy (non-hydrogen) atoms. The minimum Gasteiger partial charge on any atom is -0.493 e. The zero-order chi connectivity index (χ0) is 25.2. The van der Waals surface area contributed by atoms with Crippen molar-refractivity contribution >= 4 is 29.8 Å². The number of anilines is 1. The van der Waals surface area contributed by atoms with Gasteiger partial charge in [0.2, 0.25) is 0 Å². The molecule has 0 aliphatic rings. The fraction of sp³-hybridized carbons (Fsp3) is 0.148. The Labute approximate surface area is 204 Å². The quantitative estimate of drug-likeness (QED) is 0.282. The van der Waals surface area contributed by atoms with Gasteiger partial charge in [0.15, 0.2) is 11.5 Å². The number of hydrazone groups is 1. The van der Waals surface area contributed by atoms with Gasteiger partial charge in [-0.2, -0.15) is 5.10 Å². The molecule has 0 bridgehead atoms. The summed E-state index contributed by atoms with van der Waals surface area (Å²) in [6.45, 7) is 0. The van der Waals surface area contributed by atoms with Crippen LogP contribution in [0.5, 0.6) is 11.5 Å². The van der Waals surface area contributed by atoms with Crippen molar-refractivity contribution in [3.05, 3.63) is 95.2 Å². The maximum atomic E-state index is 12.9. The molecule has 0 saturated carbocycles. The molecule has 2 amide bonds. The van der Waals surface area contributed by atoms with E-state index in [-0.39, 0.29) is 5.70 Å². The highest BCUT2D eigenvalue weighted by Gasteiger charge is 2.14. The van der Waals surface area contributed by atoms with Crippen molar-refractivity contribution in [1.29, 1.82) is 0 Å². The second-order valence-corrected chi connectivity index (χ2v) is 7.68. The summed E-state index contributed by atoms with van der Waals surface area (Å²) in [5, 5.41) is 6.72. The predicted octanol–water partition coefficient (Wildman–Crippen LogP) is 3.69. The second-order valence-electron chi connectivity index (χ2n) is 7.68. The molecule has 0 aliphatic heterocycles. The van der Waals surface area contributed by atoms with Crippen LogP contribution in [0.4, 0.5) is 5.69 Å². The molecule has 8 heteroatoms. The van der Waals surface area contributed by atoms with Crippen LogP contribution in [-0.4, -0.2) is 46.3 Å². The van der Waals surface area contributed by atoms with Gasteiger partial charge < -0.3 is 19.7 Å². The van der Waals surface area contributed by atoms with E-state index in [0.29, 0.717) is 22.6 Å². The smallest absolute Gasteiger partial charge is 0.287 e. The Hall–Kier alpha value is -4.59. The zero-order valence-corrected chi connectivity index (χ0v) is 20.1. The topological polar surface area (TPSA) is 92.3 Å². The van der Waals surface area contributed by atoms with E-state index < -0.39 is 11.8 Å². The summed E-state index contributed by atoms with van der Waals surface area (Å²) in [5.74, 6) is 0.158. The number of benzene rings is 3. The third-order valence-electron chi connectivity index (χ3n) is 5.04. The van der Waals surface area contributed by atoms with Crippen LogP contribution in [0.1, 0.15) is 21.5 Å². The largest absolute Gasteiger partial charge is 0.493 e. The van der Waals surface area contributed by atoms with Gasteiger partial charge in [-0.05, 0) is 59.7 Å². The van der Waals surface area contributed by atoms with Crippen molar-refractivity contribution in [3.63, 3.8) is 0 Å². The highest BCUT2D eigenvalue weighted by Crippen LogP contribution is 2.26. The molecule has 180 valence electrons. The third-order valence-corrected chi connectivity index (χ3v) is 5.04. The average molecular weight is 473 g/mol. The first-order valence-electron chi connectivity index (χ1n) is 10.8. The van der Waals surface area contributed by atoms with E-state index in [4.69, 9.17) is 9.47 Å². The zero-order valence-electron chi connectivity index (χ0n) is 20.1. The van der Waals surface area contributed by atoms with Crippen molar-refractivity contribution in [1.82, 2.24) is 10.7 Å². The predicted molar refractivity (Wildman–Crippen MR) is 138 cm³/mol. The fourth-order valence-corrected chi connectivity index (χ4v) is 3.14. The summed E-state index contributed by atoms with van der Waals surface area (Å²) in [4.78, 5) is 27.6. The van der Waals surface area contributed by atoms with E-state index in [0.717, 1.165) is 11.3 Å². The van der Waals surface area contributed by atoms with E-state index in [9.17, 15) is 9.59 Å². The van der Waals surface area contributed by atoms with Crippen LogP contribution in [0, 0.1) is 0 Å². The number of rotatable bonds is 9. The second kappa shape index (κ2) is 12.0. The standard InChI is InChI=1S/C27H28N4O4/c1-31(2)22-13-10-19(11-14-22)16-23(29-26(32)21-8-6-5-7-9-21)27(33)30-28-18-20-12-15-24(34-3)25(17-20)35-4/h5-18H,1-4H3,(H,29,32)(H,30,33). The van der Waals surface area contributed by atoms with E-state index in [1.54, 1.807) is 55.7 Å². The lowest BCUT2D eigenvalue weighted by Crippen LogP contribution is -2.32. The lowest BCUT2D eigenvalue weighted by Gasteiger charge is -2.12. The van der Waals surface area contributed by atoms with Gasteiger partial charge in [-0.3, -0.25) is 9.59 Å². The molecule has 3 rings (SSSR count).